The monoisotopic (exact) mass is 343 g/mol. The third-order valence-corrected chi connectivity index (χ3v) is 3.60. The molecule has 5 nitrogen and oxygen atoms in total. The van der Waals surface area contributed by atoms with Gasteiger partial charge in [0.25, 0.3) is 0 Å². The highest BCUT2D eigenvalue weighted by molar-refractivity contribution is 7.80. The lowest BCUT2D eigenvalue weighted by atomic mass is 10.1. The van der Waals surface area contributed by atoms with Crippen LogP contribution in [0.5, 0.6) is 11.5 Å². The Hall–Kier alpha value is -2.60. The van der Waals surface area contributed by atoms with Crippen molar-refractivity contribution in [3.63, 3.8) is 0 Å². The van der Waals surface area contributed by atoms with Crippen molar-refractivity contribution in [1.82, 2.24) is 5.43 Å². The van der Waals surface area contributed by atoms with Crippen LogP contribution in [0.2, 0.25) is 0 Å². The van der Waals surface area contributed by atoms with Crippen LogP contribution in [0.1, 0.15) is 18.1 Å². The van der Waals surface area contributed by atoms with Gasteiger partial charge in [-0.15, -0.1) is 0 Å². The maximum Gasteiger partial charge on any atom is 0.191 e. The Morgan fingerprint density at radius 2 is 1.79 bits per heavy atom. The number of hydrogen-bond donors (Lipinski definition) is 2. The highest BCUT2D eigenvalue weighted by Gasteiger charge is 2.05. The van der Waals surface area contributed by atoms with Gasteiger partial charge in [-0.3, -0.25) is 5.43 Å². The minimum absolute atomic E-state index is 0.392. The average molecular weight is 343 g/mol. The van der Waals surface area contributed by atoms with Gasteiger partial charge in [0.15, 0.2) is 16.6 Å². The number of hydrazone groups is 1. The predicted octanol–water partition coefficient (Wildman–Crippen LogP) is 3.59. The van der Waals surface area contributed by atoms with Crippen LogP contribution >= 0.6 is 12.2 Å². The second-order valence-electron chi connectivity index (χ2n) is 4.99. The molecule has 0 saturated heterocycles. The first-order valence-corrected chi connectivity index (χ1v) is 7.98. The van der Waals surface area contributed by atoms with Gasteiger partial charge in [-0.2, -0.15) is 5.10 Å². The number of nitrogens with one attached hydrogen (secondary N) is 2. The molecule has 24 heavy (non-hydrogen) atoms. The van der Waals surface area contributed by atoms with E-state index in [1.165, 1.54) is 5.56 Å². The molecule has 0 aromatic heterocycles. The Balaban J connectivity index is 1.91. The van der Waals surface area contributed by atoms with Crippen LogP contribution in [0, 0.1) is 0 Å². The van der Waals surface area contributed by atoms with Gasteiger partial charge in [-0.1, -0.05) is 31.2 Å². The van der Waals surface area contributed by atoms with Crippen LogP contribution in [0.4, 0.5) is 5.69 Å². The number of nitrogens with zero attached hydrogens (tertiary/aromatic N) is 1. The molecular weight excluding hydrogens is 322 g/mol. The van der Waals surface area contributed by atoms with Gasteiger partial charge in [0.05, 0.1) is 20.4 Å². The van der Waals surface area contributed by atoms with Crippen LogP contribution in [0.3, 0.4) is 0 Å². The number of methoxy groups -OCH3 is 2. The fraction of sp³-hybridized carbons (Fsp3) is 0.222. The molecule has 0 spiro atoms. The molecule has 0 aliphatic rings. The summed E-state index contributed by atoms with van der Waals surface area (Å²) in [6, 6.07) is 13.7. The molecule has 0 heterocycles. The largest absolute Gasteiger partial charge is 0.493 e. The number of anilines is 1. The van der Waals surface area contributed by atoms with Gasteiger partial charge in [0.2, 0.25) is 0 Å². The number of thiocarbonyl (C=S) groups is 1. The van der Waals surface area contributed by atoms with Crippen molar-refractivity contribution < 1.29 is 9.47 Å². The third-order valence-electron chi connectivity index (χ3n) is 3.41. The molecule has 0 bridgehead atoms. The topological polar surface area (TPSA) is 54.9 Å². The van der Waals surface area contributed by atoms with Crippen molar-refractivity contribution >= 4 is 29.2 Å². The zero-order chi connectivity index (χ0) is 17.4. The van der Waals surface area contributed by atoms with E-state index in [9.17, 15) is 0 Å². The Labute approximate surface area is 147 Å². The molecule has 0 atom stereocenters. The van der Waals surface area contributed by atoms with Crippen molar-refractivity contribution in [3.05, 3.63) is 53.6 Å². The second kappa shape index (κ2) is 8.88. The maximum atomic E-state index is 5.26. The highest BCUT2D eigenvalue weighted by atomic mass is 32.1. The predicted molar refractivity (Wildman–Crippen MR) is 102 cm³/mol. The van der Waals surface area contributed by atoms with Crippen molar-refractivity contribution in [1.29, 1.82) is 0 Å². The zero-order valence-electron chi connectivity index (χ0n) is 14.0. The van der Waals surface area contributed by atoms with E-state index in [2.05, 4.69) is 34.9 Å². The standard InChI is InChI=1S/C18H21N3O2S/c1-4-13-5-7-14(8-6-13)12-19-21-18(24)20-15-9-10-16(22-2)17(11-15)23-3/h5-12H,4H2,1-3H3,(H2,20,21,24). The molecular formula is C18H21N3O2S. The van der Waals surface area contributed by atoms with E-state index in [1.54, 1.807) is 26.5 Å². The van der Waals surface area contributed by atoms with Crippen molar-refractivity contribution in [2.45, 2.75) is 13.3 Å². The summed E-state index contributed by atoms with van der Waals surface area (Å²) in [5.41, 5.74) is 5.88. The first-order valence-electron chi connectivity index (χ1n) is 7.57. The Kier molecular flexibility index (Phi) is 6.57. The van der Waals surface area contributed by atoms with Gasteiger partial charge >= 0.3 is 0 Å². The molecule has 0 saturated carbocycles. The van der Waals surface area contributed by atoms with Crippen molar-refractivity contribution in [3.8, 4) is 11.5 Å². The molecule has 2 rings (SSSR count). The Morgan fingerprint density at radius 3 is 2.42 bits per heavy atom. The van der Waals surface area contributed by atoms with E-state index in [4.69, 9.17) is 21.7 Å². The van der Waals surface area contributed by atoms with Gasteiger partial charge < -0.3 is 14.8 Å². The molecule has 126 valence electrons. The van der Waals surface area contributed by atoms with E-state index in [1.807, 2.05) is 24.3 Å². The highest BCUT2D eigenvalue weighted by Crippen LogP contribution is 2.29. The van der Waals surface area contributed by atoms with Gasteiger partial charge in [-0.05, 0) is 41.9 Å². The average Bonchev–Trinajstić information content (AvgIpc) is 2.62. The maximum absolute atomic E-state index is 5.26. The van der Waals surface area contributed by atoms with Crippen LogP contribution in [0.25, 0.3) is 0 Å². The molecule has 2 N–H and O–H groups in total. The van der Waals surface area contributed by atoms with E-state index >= 15 is 0 Å². The van der Waals surface area contributed by atoms with Crippen molar-refractivity contribution in [2.24, 2.45) is 5.10 Å². The summed E-state index contributed by atoms with van der Waals surface area (Å²) < 4.78 is 10.5. The molecule has 2 aromatic carbocycles. The molecule has 0 fully saturated rings. The summed E-state index contributed by atoms with van der Waals surface area (Å²) >= 11 is 5.22. The summed E-state index contributed by atoms with van der Waals surface area (Å²) in [7, 11) is 3.19. The SMILES string of the molecule is CCc1ccc(C=NNC(=S)Nc2ccc(OC)c(OC)c2)cc1. The number of benzene rings is 2. The first-order chi connectivity index (χ1) is 11.7. The molecule has 6 heteroatoms. The molecule has 0 radical (unpaired) electrons. The molecule has 2 aromatic rings. The van der Waals surface area contributed by atoms with E-state index < -0.39 is 0 Å². The second-order valence-corrected chi connectivity index (χ2v) is 5.40. The summed E-state index contributed by atoms with van der Waals surface area (Å²) in [6.07, 6.45) is 2.75. The third kappa shape index (κ3) is 4.96. The van der Waals surface area contributed by atoms with E-state index in [0.29, 0.717) is 16.6 Å². The fourth-order valence-electron chi connectivity index (χ4n) is 2.08. The lowest BCUT2D eigenvalue weighted by molar-refractivity contribution is 0.355. The van der Waals surface area contributed by atoms with E-state index in [0.717, 1.165) is 17.7 Å². The Morgan fingerprint density at radius 1 is 1.08 bits per heavy atom. The molecule has 0 unspecified atom stereocenters. The minimum Gasteiger partial charge on any atom is -0.493 e. The van der Waals surface area contributed by atoms with Crippen LogP contribution in [-0.2, 0) is 6.42 Å². The van der Waals surface area contributed by atoms with Gasteiger partial charge in [0, 0.05) is 11.8 Å². The lowest BCUT2D eigenvalue weighted by Gasteiger charge is -2.11. The van der Waals surface area contributed by atoms with E-state index in [-0.39, 0.29) is 0 Å². The van der Waals surface area contributed by atoms with Crippen LogP contribution in [0.15, 0.2) is 47.6 Å². The molecule has 0 aliphatic heterocycles. The lowest BCUT2D eigenvalue weighted by Crippen LogP contribution is -2.23. The summed E-state index contributed by atoms with van der Waals surface area (Å²) in [5, 5.41) is 7.57. The van der Waals surface area contributed by atoms with Crippen LogP contribution in [-0.4, -0.2) is 25.5 Å². The number of aryl methyl sites for hydroxylation is 1. The summed E-state index contributed by atoms with van der Waals surface area (Å²) in [6.45, 7) is 2.13. The summed E-state index contributed by atoms with van der Waals surface area (Å²) in [4.78, 5) is 0. The number of hydrogen-bond acceptors (Lipinski definition) is 4. The van der Waals surface area contributed by atoms with Crippen LogP contribution < -0.4 is 20.2 Å². The smallest absolute Gasteiger partial charge is 0.191 e. The van der Waals surface area contributed by atoms with Crippen molar-refractivity contribution in [2.75, 3.05) is 19.5 Å². The van der Waals surface area contributed by atoms with Gasteiger partial charge in [-0.25, -0.2) is 0 Å². The first kappa shape index (κ1) is 17.7. The number of ether oxygens (including phenoxy) is 2. The molecule has 0 aliphatic carbocycles. The quantitative estimate of drug-likeness (QED) is 0.477. The minimum atomic E-state index is 0.392. The fourth-order valence-corrected chi connectivity index (χ4v) is 2.25. The summed E-state index contributed by atoms with van der Waals surface area (Å²) in [5.74, 6) is 1.29. The number of rotatable bonds is 6. The molecule has 0 amide bonds. The van der Waals surface area contributed by atoms with Gasteiger partial charge in [0.1, 0.15) is 0 Å². The zero-order valence-corrected chi connectivity index (χ0v) is 14.8. The Bertz CT molecular complexity index is 715. The normalized spacial score (nSPS) is 10.5.